The lowest BCUT2D eigenvalue weighted by atomic mass is 10.1. The zero-order valence-electron chi connectivity index (χ0n) is 13.7. The summed E-state index contributed by atoms with van der Waals surface area (Å²) in [6.45, 7) is 0.843. The highest BCUT2D eigenvalue weighted by molar-refractivity contribution is 5.99. The van der Waals surface area contributed by atoms with Crippen LogP contribution < -0.4 is 19.5 Å². The molecule has 0 saturated heterocycles. The van der Waals surface area contributed by atoms with Crippen LogP contribution in [0.25, 0.3) is 0 Å². The van der Waals surface area contributed by atoms with Crippen LogP contribution in [-0.2, 0) is 0 Å². The van der Waals surface area contributed by atoms with Crippen molar-refractivity contribution in [2.75, 3.05) is 27.4 Å². The highest BCUT2D eigenvalue weighted by Gasteiger charge is 2.17. The molecule has 2 aromatic rings. The highest BCUT2D eigenvalue weighted by atomic mass is 19.1. The van der Waals surface area contributed by atoms with Crippen molar-refractivity contribution < 1.29 is 23.4 Å². The Kier molecular flexibility index (Phi) is 6.42. The zero-order valence-corrected chi connectivity index (χ0v) is 13.7. The van der Waals surface area contributed by atoms with E-state index in [1.54, 1.807) is 30.3 Å². The molecular formula is C18H20FNO4. The Morgan fingerprint density at radius 2 is 1.67 bits per heavy atom. The van der Waals surface area contributed by atoms with Gasteiger partial charge in [-0.05, 0) is 42.8 Å². The van der Waals surface area contributed by atoms with Crippen molar-refractivity contribution in [3.63, 3.8) is 0 Å². The van der Waals surface area contributed by atoms with Crippen molar-refractivity contribution in [3.8, 4) is 17.2 Å². The standard InChI is InChI=1S/C18H20FNO4/c1-22-15-5-3-6-16(23-2)17(15)18(21)20-11-4-12-24-14-9-7-13(19)8-10-14/h3,5-10H,4,11-12H2,1-2H3,(H,20,21). The third kappa shape index (κ3) is 4.62. The second kappa shape index (κ2) is 8.76. The summed E-state index contributed by atoms with van der Waals surface area (Å²) < 4.78 is 28.7. The zero-order chi connectivity index (χ0) is 17.4. The molecule has 0 radical (unpaired) electrons. The van der Waals surface area contributed by atoms with Crippen LogP contribution in [0.15, 0.2) is 42.5 Å². The fourth-order valence-electron chi connectivity index (χ4n) is 2.16. The molecule has 0 aromatic heterocycles. The largest absolute Gasteiger partial charge is 0.496 e. The number of hydrogen-bond donors (Lipinski definition) is 1. The molecule has 6 heteroatoms. The monoisotopic (exact) mass is 333 g/mol. The summed E-state index contributed by atoms with van der Waals surface area (Å²) >= 11 is 0. The average molecular weight is 333 g/mol. The van der Waals surface area contributed by atoms with E-state index in [4.69, 9.17) is 14.2 Å². The van der Waals surface area contributed by atoms with Crippen molar-refractivity contribution in [3.05, 3.63) is 53.8 Å². The van der Waals surface area contributed by atoms with Gasteiger partial charge in [-0.25, -0.2) is 4.39 Å². The van der Waals surface area contributed by atoms with Gasteiger partial charge < -0.3 is 19.5 Å². The number of rotatable bonds is 8. The van der Waals surface area contributed by atoms with Crippen molar-refractivity contribution in [1.82, 2.24) is 5.32 Å². The lowest BCUT2D eigenvalue weighted by Gasteiger charge is -2.13. The minimum absolute atomic E-state index is 0.272. The molecule has 2 aromatic carbocycles. The summed E-state index contributed by atoms with van der Waals surface area (Å²) in [5, 5.41) is 2.80. The Hall–Kier alpha value is -2.76. The number of ether oxygens (including phenoxy) is 3. The van der Waals surface area contributed by atoms with E-state index in [1.807, 2.05) is 0 Å². The molecule has 0 bridgehead atoms. The van der Waals surface area contributed by atoms with Gasteiger partial charge >= 0.3 is 0 Å². The maximum Gasteiger partial charge on any atom is 0.258 e. The number of nitrogens with one attached hydrogen (secondary N) is 1. The van der Waals surface area contributed by atoms with E-state index in [2.05, 4.69) is 5.32 Å². The topological polar surface area (TPSA) is 56.8 Å². The van der Waals surface area contributed by atoms with Crippen LogP contribution in [0, 0.1) is 5.82 Å². The minimum atomic E-state index is -0.305. The molecule has 24 heavy (non-hydrogen) atoms. The Morgan fingerprint density at radius 1 is 1.04 bits per heavy atom. The van der Waals surface area contributed by atoms with Gasteiger partial charge in [0.15, 0.2) is 0 Å². The van der Waals surface area contributed by atoms with E-state index >= 15 is 0 Å². The Labute approximate surface area is 140 Å². The van der Waals surface area contributed by atoms with Crippen LogP contribution in [-0.4, -0.2) is 33.3 Å². The molecule has 0 spiro atoms. The van der Waals surface area contributed by atoms with Gasteiger partial charge in [-0.2, -0.15) is 0 Å². The molecule has 0 saturated carbocycles. The second-order valence-corrected chi connectivity index (χ2v) is 4.95. The van der Waals surface area contributed by atoms with E-state index in [-0.39, 0.29) is 11.7 Å². The molecule has 1 amide bonds. The van der Waals surface area contributed by atoms with Gasteiger partial charge in [0.1, 0.15) is 28.6 Å². The number of carbonyl (C=O) groups excluding carboxylic acids is 1. The molecule has 0 aliphatic carbocycles. The molecule has 0 atom stereocenters. The molecule has 1 N–H and O–H groups in total. The van der Waals surface area contributed by atoms with Crippen LogP contribution in [0.1, 0.15) is 16.8 Å². The number of methoxy groups -OCH3 is 2. The van der Waals surface area contributed by atoms with Crippen LogP contribution >= 0.6 is 0 Å². The average Bonchev–Trinajstić information content (AvgIpc) is 2.62. The molecule has 5 nitrogen and oxygen atoms in total. The fourth-order valence-corrected chi connectivity index (χ4v) is 2.16. The quantitative estimate of drug-likeness (QED) is 0.755. The van der Waals surface area contributed by atoms with E-state index in [9.17, 15) is 9.18 Å². The summed E-state index contributed by atoms with van der Waals surface area (Å²) in [6, 6.07) is 11.0. The Balaban J connectivity index is 1.82. The maximum atomic E-state index is 12.8. The molecule has 2 rings (SSSR count). The fraction of sp³-hybridized carbons (Fsp3) is 0.278. The number of hydrogen-bond acceptors (Lipinski definition) is 4. The van der Waals surface area contributed by atoms with Crippen LogP contribution in [0.3, 0.4) is 0 Å². The lowest BCUT2D eigenvalue weighted by Crippen LogP contribution is -2.26. The van der Waals surface area contributed by atoms with Crippen molar-refractivity contribution >= 4 is 5.91 Å². The molecule has 0 aliphatic heterocycles. The van der Waals surface area contributed by atoms with Crippen LogP contribution in [0.4, 0.5) is 4.39 Å². The van der Waals surface area contributed by atoms with Gasteiger partial charge in [0.2, 0.25) is 0 Å². The summed E-state index contributed by atoms with van der Waals surface area (Å²) in [6.07, 6.45) is 0.612. The minimum Gasteiger partial charge on any atom is -0.496 e. The number of amides is 1. The number of benzene rings is 2. The molecule has 0 fully saturated rings. The summed E-state index contributed by atoms with van der Waals surface area (Å²) in [7, 11) is 3.00. The normalized spacial score (nSPS) is 10.1. The number of halogens is 1. The second-order valence-electron chi connectivity index (χ2n) is 4.95. The van der Waals surface area contributed by atoms with E-state index in [0.717, 1.165) is 0 Å². The molecule has 128 valence electrons. The van der Waals surface area contributed by atoms with Crippen LogP contribution in [0.5, 0.6) is 17.2 Å². The van der Waals surface area contributed by atoms with Crippen LogP contribution in [0.2, 0.25) is 0 Å². The van der Waals surface area contributed by atoms with E-state index in [1.165, 1.54) is 26.4 Å². The van der Waals surface area contributed by atoms with Gasteiger partial charge in [-0.1, -0.05) is 6.07 Å². The SMILES string of the molecule is COc1cccc(OC)c1C(=O)NCCCOc1ccc(F)cc1. The van der Waals surface area contributed by atoms with E-state index < -0.39 is 0 Å². The lowest BCUT2D eigenvalue weighted by molar-refractivity contribution is 0.0945. The Bertz CT molecular complexity index is 651. The third-order valence-electron chi connectivity index (χ3n) is 3.34. The first-order valence-corrected chi connectivity index (χ1v) is 7.53. The van der Waals surface area contributed by atoms with Gasteiger partial charge in [0, 0.05) is 6.54 Å². The first-order chi connectivity index (χ1) is 11.7. The smallest absolute Gasteiger partial charge is 0.258 e. The van der Waals surface area contributed by atoms with Gasteiger partial charge in [-0.3, -0.25) is 4.79 Å². The predicted octanol–water partition coefficient (Wildman–Crippen LogP) is 3.04. The van der Waals surface area contributed by atoms with Gasteiger partial charge in [0.25, 0.3) is 5.91 Å². The molecule has 0 aliphatic rings. The summed E-state index contributed by atoms with van der Waals surface area (Å²) in [4.78, 5) is 12.3. The summed E-state index contributed by atoms with van der Waals surface area (Å²) in [5.74, 6) is 0.921. The molecular weight excluding hydrogens is 313 g/mol. The van der Waals surface area contributed by atoms with Gasteiger partial charge in [0.05, 0.1) is 20.8 Å². The predicted molar refractivity (Wildman–Crippen MR) is 88.4 cm³/mol. The molecule has 0 unspecified atom stereocenters. The molecule has 0 heterocycles. The van der Waals surface area contributed by atoms with E-state index in [0.29, 0.717) is 42.4 Å². The maximum absolute atomic E-state index is 12.8. The Morgan fingerprint density at radius 3 is 2.25 bits per heavy atom. The third-order valence-corrected chi connectivity index (χ3v) is 3.34. The van der Waals surface area contributed by atoms with Crippen molar-refractivity contribution in [2.45, 2.75) is 6.42 Å². The summed E-state index contributed by atoms with van der Waals surface area (Å²) in [5.41, 5.74) is 0.363. The van der Waals surface area contributed by atoms with Gasteiger partial charge in [-0.15, -0.1) is 0 Å². The number of carbonyl (C=O) groups is 1. The first-order valence-electron chi connectivity index (χ1n) is 7.53. The van der Waals surface area contributed by atoms with Crippen molar-refractivity contribution in [2.24, 2.45) is 0 Å². The van der Waals surface area contributed by atoms with Crippen molar-refractivity contribution in [1.29, 1.82) is 0 Å². The first kappa shape index (κ1) is 17.6. The highest BCUT2D eigenvalue weighted by Crippen LogP contribution is 2.27.